The SMILES string of the molecule is Cc1ccc(C(=O)N2CCN(CC(=O)N(C)Cc3cc(Br)cs3)CC2)o1. The topological polar surface area (TPSA) is 57.0 Å². The predicted octanol–water partition coefficient (Wildman–Crippen LogP) is 2.83. The van der Waals surface area contributed by atoms with Crippen molar-refractivity contribution in [2.45, 2.75) is 13.5 Å². The van der Waals surface area contributed by atoms with Crippen LogP contribution in [0.3, 0.4) is 0 Å². The maximum atomic E-state index is 12.4. The molecule has 26 heavy (non-hydrogen) atoms. The molecule has 140 valence electrons. The molecule has 0 aromatic carbocycles. The Bertz CT molecular complexity index is 780. The zero-order chi connectivity index (χ0) is 18.7. The zero-order valence-electron chi connectivity index (χ0n) is 14.9. The minimum absolute atomic E-state index is 0.0792. The number of rotatable bonds is 5. The second-order valence-corrected chi connectivity index (χ2v) is 8.37. The van der Waals surface area contributed by atoms with E-state index >= 15 is 0 Å². The first-order chi connectivity index (χ1) is 12.4. The molecule has 1 aliphatic heterocycles. The van der Waals surface area contributed by atoms with Gasteiger partial charge in [-0.05, 0) is 41.1 Å². The molecule has 2 amide bonds. The molecule has 2 aromatic heterocycles. The van der Waals surface area contributed by atoms with E-state index in [9.17, 15) is 9.59 Å². The van der Waals surface area contributed by atoms with Gasteiger partial charge in [0.2, 0.25) is 5.91 Å². The van der Waals surface area contributed by atoms with E-state index in [1.807, 2.05) is 25.4 Å². The Labute approximate surface area is 165 Å². The molecule has 8 heteroatoms. The molecular formula is C18H22BrN3O3S. The van der Waals surface area contributed by atoms with E-state index in [2.05, 4.69) is 20.8 Å². The van der Waals surface area contributed by atoms with Gasteiger partial charge in [-0.15, -0.1) is 11.3 Å². The van der Waals surface area contributed by atoms with Crippen LogP contribution >= 0.6 is 27.3 Å². The monoisotopic (exact) mass is 439 g/mol. The van der Waals surface area contributed by atoms with Gasteiger partial charge in [-0.3, -0.25) is 14.5 Å². The normalized spacial score (nSPS) is 15.3. The van der Waals surface area contributed by atoms with Gasteiger partial charge in [0.25, 0.3) is 5.91 Å². The molecule has 1 fully saturated rings. The van der Waals surface area contributed by atoms with Crippen molar-refractivity contribution in [3.8, 4) is 0 Å². The van der Waals surface area contributed by atoms with Crippen LogP contribution in [0.4, 0.5) is 0 Å². The van der Waals surface area contributed by atoms with Gasteiger partial charge in [-0.1, -0.05) is 0 Å². The average Bonchev–Trinajstić information content (AvgIpc) is 3.23. The lowest BCUT2D eigenvalue weighted by Gasteiger charge is -2.34. The fourth-order valence-corrected chi connectivity index (χ4v) is 4.39. The van der Waals surface area contributed by atoms with Crippen LogP contribution < -0.4 is 0 Å². The highest BCUT2D eigenvalue weighted by Gasteiger charge is 2.25. The smallest absolute Gasteiger partial charge is 0.289 e. The Morgan fingerprint density at radius 2 is 2.00 bits per heavy atom. The van der Waals surface area contributed by atoms with Crippen LogP contribution in [0.15, 0.2) is 32.5 Å². The first-order valence-corrected chi connectivity index (χ1v) is 10.1. The molecule has 0 spiro atoms. The Hall–Kier alpha value is -1.64. The van der Waals surface area contributed by atoms with E-state index in [-0.39, 0.29) is 11.8 Å². The summed E-state index contributed by atoms with van der Waals surface area (Å²) in [6.07, 6.45) is 0. The van der Waals surface area contributed by atoms with Gasteiger partial charge in [0.1, 0.15) is 5.76 Å². The van der Waals surface area contributed by atoms with Gasteiger partial charge < -0.3 is 14.2 Å². The Balaban J connectivity index is 1.45. The van der Waals surface area contributed by atoms with E-state index in [1.54, 1.807) is 33.3 Å². The minimum atomic E-state index is -0.0792. The number of carbonyl (C=O) groups is 2. The van der Waals surface area contributed by atoms with Gasteiger partial charge in [0.05, 0.1) is 13.1 Å². The molecule has 0 atom stereocenters. The van der Waals surface area contributed by atoms with Crippen LogP contribution in [-0.4, -0.2) is 66.3 Å². The molecule has 2 aromatic rings. The third-order valence-corrected chi connectivity index (χ3v) is 6.09. The minimum Gasteiger partial charge on any atom is -0.456 e. The molecule has 0 saturated carbocycles. The largest absolute Gasteiger partial charge is 0.456 e. The Kier molecular flexibility index (Phi) is 6.16. The molecule has 1 saturated heterocycles. The number of hydrogen-bond donors (Lipinski definition) is 0. The highest BCUT2D eigenvalue weighted by Crippen LogP contribution is 2.21. The number of thiophene rings is 1. The van der Waals surface area contributed by atoms with Crippen LogP contribution in [0.1, 0.15) is 21.2 Å². The second-order valence-electron chi connectivity index (χ2n) is 6.46. The quantitative estimate of drug-likeness (QED) is 0.718. The maximum absolute atomic E-state index is 12.4. The summed E-state index contributed by atoms with van der Waals surface area (Å²) < 4.78 is 6.46. The zero-order valence-corrected chi connectivity index (χ0v) is 17.3. The summed E-state index contributed by atoms with van der Waals surface area (Å²) in [6, 6.07) is 5.55. The molecule has 0 N–H and O–H groups in total. The van der Waals surface area contributed by atoms with Crippen LogP contribution in [0.2, 0.25) is 0 Å². The molecule has 0 bridgehead atoms. The van der Waals surface area contributed by atoms with Crippen molar-refractivity contribution >= 4 is 39.1 Å². The van der Waals surface area contributed by atoms with Gasteiger partial charge in [-0.25, -0.2) is 0 Å². The van der Waals surface area contributed by atoms with Crippen molar-refractivity contribution in [2.24, 2.45) is 0 Å². The van der Waals surface area contributed by atoms with E-state index in [0.717, 1.165) is 15.1 Å². The number of halogens is 1. The molecule has 0 radical (unpaired) electrons. The molecule has 3 heterocycles. The molecular weight excluding hydrogens is 418 g/mol. The number of likely N-dealkylation sites (N-methyl/N-ethyl adjacent to an activating group) is 1. The van der Waals surface area contributed by atoms with Crippen molar-refractivity contribution < 1.29 is 14.0 Å². The van der Waals surface area contributed by atoms with E-state index in [1.165, 1.54) is 0 Å². The Morgan fingerprint density at radius 1 is 1.27 bits per heavy atom. The van der Waals surface area contributed by atoms with E-state index in [0.29, 0.717) is 45.0 Å². The number of piperazine rings is 1. The van der Waals surface area contributed by atoms with Gasteiger partial charge in [0.15, 0.2) is 5.76 Å². The first-order valence-electron chi connectivity index (χ1n) is 8.47. The summed E-state index contributed by atoms with van der Waals surface area (Å²) in [6.45, 7) is 5.41. The lowest BCUT2D eigenvalue weighted by Crippen LogP contribution is -2.51. The summed E-state index contributed by atoms with van der Waals surface area (Å²) in [5, 5.41) is 2.02. The highest BCUT2D eigenvalue weighted by atomic mass is 79.9. The molecule has 3 rings (SSSR count). The van der Waals surface area contributed by atoms with Gasteiger partial charge >= 0.3 is 0 Å². The van der Waals surface area contributed by atoms with E-state index in [4.69, 9.17) is 4.42 Å². The number of amides is 2. The lowest BCUT2D eigenvalue weighted by atomic mass is 10.2. The van der Waals surface area contributed by atoms with Gasteiger partial charge in [0, 0.05) is 48.0 Å². The number of nitrogens with zero attached hydrogens (tertiary/aromatic N) is 3. The third kappa shape index (κ3) is 4.75. The number of furan rings is 1. The standard InChI is InChI=1S/C18H22BrN3O3S/c1-13-3-4-16(25-13)18(24)22-7-5-21(6-8-22)11-17(23)20(2)10-15-9-14(19)12-26-15/h3-4,9,12H,5-8,10-11H2,1-2H3. The molecule has 0 aliphatic carbocycles. The number of aryl methyl sites for hydroxylation is 1. The van der Waals surface area contributed by atoms with Crippen molar-refractivity contribution in [2.75, 3.05) is 39.8 Å². The summed E-state index contributed by atoms with van der Waals surface area (Å²) in [5.41, 5.74) is 0. The Morgan fingerprint density at radius 3 is 2.58 bits per heavy atom. The maximum Gasteiger partial charge on any atom is 0.289 e. The second kappa shape index (κ2) is 8.37. The predicted molar refractivity (Wildman–Crippen MR) is 104 cm³/mol. The number of hydrogen-bond acceptors (Lipinski definition) is 5. The fraction of sp³-hybridized carbons (Fsp3) is 0.444. The van der Waals surface area contributed by atoms with Crippen LogP contribution in [-0.2, 0) is 11.3 Å². The summed E-state index contributed by atoms with van der Waals surface area (Å²) >= 11 is 5.07. The lowest BCUT2D eigenvalue weighted by molar-refractivity contribution is -0.131. The van der Waals surface area contributed by atoms with Crippen molar-refractivity contribution in [1.82, 2.24) is 14.7 Å². The van der Waals surface area contributed by atoms with Crippen LogP contribution in [0, 0.1) is 6.92 Å². The molecule has 6 nitrogen and oxygen atoms in total. The highest BCUT2D eigenvalue weighted by molar-refractivity contribution is 9.10. The third-order valence-electron chi connectivity index (χ3n) is 4.41. The average molecular weight is 440 g/mol. The van der Waals surface area contributed by atoms with E-state index < -0.39 is 0 Å². The van der Waals surface area contributed by atoms with Crippen LogP contribution in [0.5, 0.6) is 0 Å². The summed E-state index contributed by atoms with van der Waals surface area (Å²) in [5.74, 6) is 1.13. The fourth-order valence-electron chi connectivity index (χ4n) is 2.89. The van der Waals surface area contributed by atoms with Crippen molar-refractivity contribution in [3.05, 3.63) is 44.4 Å². The van der Waals surface area contributed by atoms with Crippen LogP contribution in [0.25, 0.3) is 0 Å². The summed E-state index contributed by atoms with van der Waals surface area (Å²) in [4.78, 5) is 31.6. The van der Waals surface area contributed by atoms with Crippen molar-refractivity contribution in [3.63, 3.8) is 0 Å². The van der Waals surface area contributed by atoms with Crippen molar-refractivity contribution in [1.29, 1.82) is 0 Å². The molecule has 0 unspecified atom stereocenters. The molecule has 1 aliphatic rings. The number of carbonyl (C=O) groups excluding carboxylic acids is 2. The van der Waals surface area contributed by atoms with Gasteiger partial charge in [-0.2, -0.15) is 0 Å². The summed E-state index contributed by atoms with van der Waals surface area (Å²) in [7, 11) is 1.83. The first kappa shape index (κ1) is 19.1.